The van der Waals surface area contributed by atoms with E-state index < -0.39 is 46.2 Å². The SMILES string of the molecule is COC(=O)c1c(N)c(C#N)cn1-c1c(C(F)(F)F)ccc(F)c1C#N. The Morgan fingerprint density at radius 3 is 2.40 bits per heavy atom. The molecule has 1 heterocycles. The van der Waals surface area contributed by atoms with Crippen LogP contribution in [-0.4, -0.2) is 17.6 Å². The van der Waals surface area contributed by atoms with E-state index in [1.165, 1.54) is 6.07 Å². The van der Waals surface area contributed by atoms with Crippen LogP contribution in [0.1, 0.15) is 27.2 Å². The third kappa shape index (κ3) is 2.85. The second-order valence-electron chi connectivity index (χ2n) is 4.71. The molecule has 0 spiro atoms. The maximum absolute atomic E-state index is 13.9. The lowest BCUT2D eigenvalue weighted by atomic mass is 10.1. The van der Waals surface area contributed by atoms with Crippen LogP contribution in [0.25, 0.3) is 5.69 Å². The molecule has 2 aromatic rings. The molecule has 0 aliphatic heterocycles. The summed E-state index contributed by atoms with van der Waals surface area (Å²) < 4.78 is 58.9. The highest BCUT2D eigenvalue weighted by Crippen LogP contribution is 2.38. The summed E-state index contributed by atoms with van der Waals surface area (Å²) in [4.78, 5) is 11.9. The van der Waals surface area contributed by atoms with Gasteiger partial charge in [-0.2, -0.15) is 23.7 Å². The highest BCUT2D eigenvalue weighted by atomic mass is 19.4. The number of anilines is 1. The molecule has 0 bridgehead atoms. The van der Waals surface area contributed by atoms with E-state index in [4.69, 9.17) is 16.3 Å². The molecule has 0 saturated heterocycles. The van der Waals surface area contributed by atoms with E-state index in [1.807, 2.05) is 0 Å². The number of nitriles is 2. The molecule has 0 aliphatic rings. The largest absolute Gasteiger partial charge is 0.464 e. The number of halogens is 4. The van der Waals surface area contributed by atoms with Gasteiger partial charge in [0.15, 0.2) is 5.69 Å². The molecule has 0 atom stereocenters. The zero-order chi connectivity index (χ0) is 18.9. The number of benzene rings is 1. The number of ether oxygens (including phenoxy) is 1. The van der Waals surface area contributed by atoms with Crippen molar-refractivity contribution >= 4 is 11.7 Å². The van der Waals surface area contributed by atoms with Crippen molar-refractivity contribution in [1.82, 2.24) is 4.57 Å². The van der Waals surface area contributed by atoms with E-state index in [9.17, 15) is 22.4 Å². The first-order valence-electron chi connectivity index (χ1n) is 6.46. The Morgan fingerprint density at radius 1 is 1.28 bits per heavy atom. The molecule has 0 radical (unpaired) electrons. The monoisotopic (exact) mass is 352 g/mol. The smallest absolute Gasteiger partial charge is 0.418 e. The van der Waals surface area contributed by atoms with Crippen molar-refractivity contribution in [3.63, 3.8) is 0 Å². The number of nitrogen functional groups attached to an aromatic ring is 1. The van der Waals surface area contributed by atoms with Crippen LogP contribution in [0.3, 0.4) is 0 Å². The van der Waals surface area contributed by atoms with Gasteiger partial charge >= 0.3 is 12.1 Å². The lowest BCUT2D eigenvalue weighted by Crippen LogP contribution is -2.17. The fourth-order valence-electron chi connectivity index (χ4n) is 2.24. The number of hydrogen-bond donors (Lipinski definition) is 1. The summed E-state index contributed by atoms with van der Waals surface area (Å²) in [5.74, 6) is -2.38. The van der Waals surface area contributed by atoms with E-state index in [-0.39, 0.29) is 5.56 Å². The molecule has 10 heteroatoms. The average molecular weight is 352 g/mol. The Balaban J connectivity index is 3.02. The minimum atomic E-state index is -4.96. The van der Waals surface area contributed by atoms with E-state index in [2.05, 4.69) is 4.74 Å². The summed E-state index contributed by atoms with van der Waals surface area (Å²) >= 11 is 0. The minimum absolute atomic E-state index is 0.332. The fourth-order valence-corrected chi connectivity index (χ4v) is 2.24. The van der Waals surface area contributed by atoms with Gasteiger partial charge in [-0.05, 0) is 12.1 Å². The number of rotatable bonds is 2. The van der Waals surface area contributed by atoms with E-state index in [1.54, 1.807) is 6.07 Å². The first kappa shape index (κ1) is 17.8. The number of aromatic nitrogens is 1. The van der Waals surface area contributed by atoms with Crippen LogP contribution in [0.5, 0.6) is 0 Å². The van der Waals surface area contributed by atoms with Crippen LogP contribution >= 0.6 is 0 Å². The van der Waals surface area contributed by atoms with Gasteiger partial charge < -0.3 is 15.0 Å². The predicted molar refractivity (Wildman–Crippen MR) is 75.9 cm³/mol. The third-order valence-electron chi connectivity index (χ3n) is 3.33. The van der Waals surface area contributed by atoms with Gasteiger partial charge in [0.2, 0.25) is 0 Å². The zero-order valence-corrected chi connectivity index (χ0v) is 12.5. The Hall–Kier alpha value is -3.53. The van der Waals surface area contributed by atoms with Crippen LogP contribution in [-0.2, 0) is 10.9 Å². The van der Waals surface area contributed by atoms with Crippen LogP contribution < -0.4 is 5.73 Å². The predicted octanol–water partition coefficient (Wildman–Crippen LogP) is 2.75. The number of alkyl halides is 3. The van der Waals surface area contributed by atoms with Gasteiger partial charge in [0.25, 0.3) is 0 Å². The average Bonchev–Trinajstić information content (AvgIpc) is 2.88. The number of nitrogens with two attached hydrogens (primary N) is 1. The van der Waals surface area contributed by atoms with Gasteiger partial charge in [-0.25, -0.2) is 9.18 Å². The molecule has 6 nitrogen and oxygen atoms in total. The van der Waals surface area contributed by atoms with Gasteiger partial charge in [-0.15, -0.1) is 0 Å². The molecule has 1 aromatic carbocycles. The third-order valence-corrected chi connectivity index (χ3v) is 3.33. The Kier molecular flexibility index (Phi) is 4.40. The number of carbonyl (C=O) groups excluding carboxylic acids is 1. The Bertz CT molecular complexity index is 948. The summed E-state index contributed by atoms with van der Waals surface area (Å²) in [5, 5.41) is 18.1. The van der Waals surface area contributed by atoms with Crippen molar-refractivity contribution in [1.29, 1.82) is 10.5 Å². The van der Waals surface area contributed by atoms with Crippen molar-refractivity contribution in [2.75, 3.05) is 12.8 Å². The molecule has 2 N–H and O–H groups in total. The van der Waals surface area contributed by atoms with Crippen molar-refractivity contribution < 1.29 is 27.1 Å². The van der Waals surface area contributed by atoms with Gasteiger partial charge in [0.05, 0.1) is 29.6 Å². The topological polar surface area (TPSA) is 105 Å². The summed E-state index contributed by atoms with van der Waals surface area (Å²) in [5.41, 5.74) is 0.923. The molecule has 0 fully saturated rings. The lowest BCUT2D eigenvalue weighted by molar-refractivity contribution is -0.137. The second kappa shape index (κ2) is 6.17. The first-order chi connectivity index (χ1) is 11.7. The van der Waals surface area contributed by atoms with E-state index in [0.29, 0.717) is 16.7 Å². The molecule has 0 unspecified atom stereocenters. The molecule has 128 valence electrons. The van der Waals surface area contributed by atoms with Crippen molar-refractivity contribution in [2.45, 2.75) is 6.18 Å². The maximum Gasteiger partial charge on any atom is 0.418 e. The van der Waals surface area contributed by atoms with Gasteiger partial charge in [-0.1, -0.05) is 0 Å². The van der Waals surface area contributed by atoms with Gasteiger partial charge in [0, 0.05) is 6.20 Å². The van der Waals surface area contributed by atoms with Crippen LogP contribution in [0.4, 0.5) is 23.2 Å². The van der Waals surface area contributed by atoms with Crippen LogP contribution in [0, 0.1) is 28.5 Å². The molecule has 0 aliphatic carbocycles. The van der Waals surface area contributed by atoms with Crippen LogP contribution in [0.2, 0.25) is 0 Å². The van der Waals surface area contributed by atoms with Crippen molar-refractivity contribution in [3.8, 4) is 17.8 Å². The number of hydrogen-bond acceptors (Lipinski definition) is 5. The van der Waals surface area contributed by atoms with E-state index >= 15 is 0 Å². The molecular weight excluding hydrogens is 344 g/mol. The minimum Gasteiger partial charge on any atom is -0.464 e. The van der Waals surface area contributed by atoms with Crippen molar-refractivity contribution in [3.05, 3.63) is 46.5 Å². The molecule has 25 heavy (non-hydrogen) atoms. The molecule has 0 saturated carbocycles. The lowest BCUT2D eigenvalue weighted by Gasteiger charge is -2.17. The number of esters is 1. The highest BCUT2D eigenvalue weighted by molar-refractivity contribution is 5.96. The molecule has 2 rings (SSSR count). The number of nitrogens with zero attached hydrogens (tertiary/aromatic N) is 3. The number of methoxy groups -OCH3 is 1. The Labute approximate surface area is 138 Å². The zero-order valence-electron chi connectivity index (χ0n) is 12.5. The summed E-state index contributed by atoms with van der Waals surface area (Å²) in [6.07, 6.45) is -4.15. The summed E-state index contributed by atoms with van der Waals surface area (Å²) in [7, 11) is 0.951. The molecule has 1 aromatic heterocycles. The number of carbonyl (C=O) groups is 1. The maximum atomic E-state index is 13.9. The first-order valence-corrected chi connectivity index (χ1v) is 6.46. The quantitative estimate of drug-likeness (QED) is 0.661. The normalized spacial score (nSPS) is 10.8. The van der Waals surface area contributed by atoms with E-state index in [0.717, 1.165) is 13.3 Å². The second-order valence-corrected chi connectivity index (χ2v) is 4.71. The highest BCUT2D eigenvalue weighted by Gasteiger charge is 2.37. The summed E-state index contributed by atoms with van der Waals surface area (Å²) in [6.45, 7) is 0. The summed E-state index contributed by atoms with van der Waals surface area (Å²) in [6, 6.07) is 3.85. The Morgan fingerprint density at radius 2 is 1.92 bits per heavy atom. The van der Waals surface area contributed by atoms with Crippen LogP contribution in [0.15, 0.2) is 18.3 Å². The van der Waals surface area contributed by atoms with Crippen molar-refractivity contribution in [2.24, 2.45) is 0 Å². The molecular formula is C15H8F4N4O2. The standard InChI is InChI=1S/C15H8F4N4O2/c1-25-14(24)13-11(22)7(4-20)6-23(13)12-8(5-21)10(16)3-2-9(12)15(17,18)19/h2-3,6H,22H2,1H3. The van der Waals surface area contributed by atoms with Gasteiger partial charge in [0.1, 0.15) is 23.5 Å². The van der Waals surface area contributed by atoms with Gasteiger partial charge in [-0.3, -0.25) is 0 Å². The molecule has 0 amide bonds. The fraction of sp³-hybridized carbons (Fsp3) is 0.133.